The normalized spacial score (nSPS) is 10.9. The predicted molar refractivity (Wildman–Crippen MR) is 98.7 cm³/mol. The number of halogens is 1. The van der Waals surface area contributed by atoms with Gasteiger partial charge in [-0.3, -0.25) is 9.10 Å². The van der Waals surface area contributed by atoms with Crippen LogP contribution in [-0.2, 0) is 14.8 Å². The molecule has 0 aromatic heterocycles. The molecule has 7 nitrogen and oxygen atoms in total. The van der Waals surface area contributed by atoms with Crippen molar-refractivity contribution in [3.05, 3.63) is 65.5 Å². The van der Waals surface area contributed by atoms with Crippen molar-refractivity contribution >= 4 is 27.6 Å². The fourth-order valence-corrected chi connectivity index (χ4v) is 3.27. The number of esters is 1. The predicted octanol–water partition coefficient (Wildman–Crippen LogP) is 1.81. The summed E-state index contributed by atoms with van der Waals surface area (Å²) in [5.41, 5.74) is 0.908. The highest BCUT2D eigenvalue weighted by atomic mass is 32.2. The lowest BCUT2D eigenvalue weighted by atomic mass is 10.2. The van der Waals surface area contributed by atoms with Crippen molar-refractivity contribution in [1.82, 2.24) is 5.32 Å². The molecule has 9 heteroatoms. The van der Waals surface area contributed by atoms with Crippen LogP contribution >= 0.6 is 0 Å². The molecule has 0 fully saturated rings. The summed E-state index contributed by atoms with van der Waals surface area (Å²) in [4.78, 5) is 23.5. The van der Waals surface area contributed by atoms with Crippen LogP contribution in [0.15, 0.2) is 48.5 Å². The van der Waals surface area contributed by atoms with Gasteiger partial charge in [0.25, 0.3) is 5.91 Å². The Hall–Kier alpha value is -2.94. The summed E-state index contributed by atoms with van der Waals surface area (Å²) in [6.45, 7) is 0.0331. The van der Waals surface area contributed by atoms with E-state index in [9.17, 15) is 22.4 Å². The molecule has 0 radical (unpaired) electrons. The van der Waals surface area contributed by atoms with E-state index in [1.165, 1.54) is 55.6 Å². The molecule has 0 unspecified atom stereocenters. The summed E-state index contributed by atoms with van der Waals surface area (Å²) in [6.07, 6.45) is 1.04. The average Bonchev–Trinajstić information content (AvgIpc) is 2.64. The monoisotopic (exact) mass is 394 g/mol. The number of hydrogen-bond acceptors (Lipinski definition) is 5. The maximum absolute atomic E-state index is 12.9. The number of carbonyl (C=O) groups is 2. The lowest BCUT2D eigenvalue weighted by Crippen LogP contribution is -2.38. The summed E-state index contributed by atoms with van der Waals surface area (Å²) in [5.74, 6) is -1.42. The van der Waals surface area contributed by atoms with Gasteiger partial charge in [0.1, 0.15) is 5.82 Å². The number of ether oxygens (including phenoxy) is 1. The highest BCUT2D eigenvalue weighted by Crippen LogP contribution is 2.18. The maximum Gasteiger partial charge on any atom is 0.337 e. The van der Waals surface area contributed by atoms with E-state index in [1.54, 1.807) is 0 Å². The summed E-state index contributed by atoms with van der Waals surface area (Å²) in [6, 6.07) is 10.9. The Morgan fingerprint density at radius 2 is 1.59 bits per heavy atom. The molecule has 0 spiro atoms. The van der Waals surface area contributed by atoms with Crippen molar-refractivity contribution in [2.45, 2.75) is 0 Å². The number of anilines is 1. The molecule has 1 amide bonds. The van der Waals surface area contributed by atoms with Crippen molar-refractivity contribution in [2.75, 3.05) is 30.8 Å². The zero-order valence-electron chi connectivity index (χ0n) is 14.8. The van der Waals surface area contributed by atoms with E-state index in [4.69, 9.17) is 0 Å². The second kappa shape index (κ2) is 8.63. The largest absolute Gasteiger partial charge is 0.465 e. The summed E-state index contributed by atoms with van der Waals surface area (Å²) < 4.78 is 42.7. The number of carbonyl (C=O) groups excluding carboxylic acids is 2. The minimum Gasteiger partial charge on any atom is -0.465 e. The molecule has 0 heterocycles. The minimum absolute atomic E-state index is 0.0106. The third-order valence-electron chi connectivity index (χ3n) is 3.68. The van der Waals surface area contributed by atoms with Crippen molar-refractivity contribution in [3.63, 3.8) is 0 Å². The Bertz CT molecular complexity index is 912. The number of nitrogens with one attached hydrogen (secondary N) is 1. The number of methoxy groups -OCH3 is 1. The summed E-state index contributed by atoms with van der Waals surface area (Å²) in [5, 5.41) is 2.59. The molecule has 0 aliphatic carbocycles. The van der Waals surface area contributed by atoms with Gasteiger partial charge in [0.2, 0.25) is 10.0 Å². The summed E-state index contributed by atoms with van der Waals surface area (Å²) in [7, 11) is -2.36. The lowest BCUT2D eigenvalue weighted by Gasteiger charge is -2.22. The Balaban J connectivity index is 2.06. The molecule has 27 heavy (non-hydrogen) atoms. The third-order valence-corrected chi connectivity index (χ3v) is 4.88. The topological polar surface area (TPSA) is 92.8 Å². The minimum atomic E-state index is -3.61. The zero-order chi connectivity index (χ0) is 20.0. The smallest absolute Gasteiger partial charge is 0.337 e. The van der Waals surface area contributed by atoms with E-state index in [0.29, 0.717) is 11.3 Å². The standard InChI is InChI=1S/C18H19FN2O5S/c1-26-18(23)14-5-9-16(10-6-14)21(27(2,24)25)12-11-20-17(22)13-3-7-15(19)8-4-13/h3-10H,11-12H2,1-2H3,(H,20,22). The molecule has 2 rings (SSSR count). The second-order valence-corrected chi connectivity index (χ2v) is 7.54. The molecule has 0 aliphatic heterocycles. The van der Waals surface area contributed by atoms with Gasteiger partial charge in [0, 0.05) is 12.1 Å². The van der Waals surface area contributed by atoms with E-state index in [0.717, 1.165) is 10.6 Å². The van der Waals surface area contributed by atoms with Crippen LogP contribution in [0.2, 0.25) is 0 Å². The molecule has 1 N–H and O–H groups in total. The first-order valence-electron chi connectivity index (χ1n) is 7.92. The van der Waals surface area contributed by atoms with Gasteiger partial charge in [-0.15, -0.1) is 0 Å². The SMILES string of the molecule is COC(=O)c1ccc(N(CCNC(=O)c2ccc(F)cc2)S(C)(=O)=O)cc1. The summed E-state index contributed by atoms with van der Waals surface area (Å²) >= 11 is 0. The Morgan fingerprint density at radius 3 is 2.11 bits per heavy atom. The van der Waals surface area contributed by atoms with Crippen molar-refractivity contribution < 1.29 is 27.1 Å². The number of rotatable bonds is 7. The van der Waals surface area contributed by atoms with Crippen molar-refractivity contribution in [3.8, 4) is 0 Å². The van der Waals surface area contributed by atoms with Gasteiger partial charge in [-0.25, -0.2) is 17.6 Å². The fraction of sp³-hybridized carbons (Fsp3) is 0.222. The Kier molecular flexibility index (Phi) is 6.51. The number of benzene rings is 2. The van der Waals surface area contributed by atoms with Gasteiger partial charge in [-0.1, -0.05) is 0 Å². The number of amides is 1. The highest BCUT2D eigenvalue weighted by Gasteiger charge is 2.18. The molecule has 0 atom stereocenters. The quantitative estimate of drug-likeness (QED) is 0.723. The zero-order valence-corrected chi connectivity index (χ0v) is 15.6. The molecule has 0 saturated heterocycles. The molecule has 2 aromatic rings. The van der Waals surface area contributed by atoms with Gasteiger partial charge in [0.15, 0.2) is 0 Å². The first-order valence-corrected chi connectivity index (χ1v) is 9.77. The van der Waals surface area contributed by atoms with Gasteiger partial charge in [0.05, 0.1) is 31.2 Å². The first-order chi connectivity index (χ1) is 12.7. The lowest BCUT2D eigenvalue weighted by molar-refractivity contribution is 0.0600. The average molecular weight is 394 g/mol. The molecular weight excluding hydrogens is 375 g/mol. The molecule has 0 aliphatic rings. The molecule has 2 aromatic carbocycles. The van der Waals surface area contributed by atoms with Gasteiger partial charge >= 0.3 is 5.97 Å². The molecule has 0 saturated carbocycles. The van der Waals surface area contributed by atoms with Gasteiger partial charge in [-0.05, 0) is 48.5 Å². The highest BCUT2D eigenvalue weighted by molar-refractivity contribution is 7.92. The van der Waals surface area contributed by atoms with Crippen molar-refractivity contribution in [1.29, 1.82) is 0 Å². The van der Waals surface area contributed by atoms with Gasteiger partial charge in [-0.2, -0.15) is 0 Å². The van der Waals surface area contributed by atoms with E-state index in [-0.39, 0.29) is 18.7 Å². The van der Waals surface area contributed by atoms with Gasteiger partial charge < -0.3 is 10.1 Å². The second-order valence-electron chi connectivity index (χ2n) is 5.64. The van der Waals surface area contributed by atoms with E-state index < -0.39 is 27.7 Å². The molecule has 0 bridgehead atoms. The Labute approximate surface area is 156 Å². The van der Waals surface area contributed by atoms with Crippen LogP contribution in [-0.4, -0.2) is 46.7 Å². The van der Waals surface area contributed by atoms with E-state index in [1.807, 2.05) is 0 Å². The van der Waals surface area contributed by atoms with E-state index >= 15 is 0 Å². The van der Waals surface area contributed by atoms with Crippen molar-refractivity contribution in [2.24, 2.45) is 0 Å². The van der Waals surface area contributed by atoms with Crippen LogP contribution in [0.5, 0.6) is 0 Å². The third kappa shape index (κ3) is 5.52. The first kappa shape index (κ1) is 20.4. The van der Waals surface area contributed by atoms with Crippen LogP contribution < -0.4 is 9.62 Å². The van der Waals surface area contributed by atoms with Crippen LogP contribution in [0.1, 0.15) is 20.7 Å². The Morgan fingerprint density at radius 1 is 1.04 bits per heavy atom. The van der Waals surface area contributed by atoms with E-state index in [2.05, 4.69) is 10.1 Å². The maximum atomic E-state index is 12.9. The number of hydrogen-bond donors (Lipinski definition) is 1. The number of nitrogens with zero attached hydrogens (tertiary/aromatic N) is 1. The molecule has 144 valence electrons. The number of sulfonamides is 1. The molecular formula is C18H19FN2O5S. The fourth-order valence-electron chi connectivity index (χ4n) is 2.34. The van der Waals surface area contributed by atoms with Crippen LogP contribution in [0, 0.1) is 5.82 Å². The van der Waals surface area contributed by atoms with Crippen LogP contribution in [0.4, 0.5) is 10.1 Å². The van der Waals surface area contributed by atoms with Crippen LogP contribution in [0.3, 0.4) is 0 Å². The van der Waals surface area contributed by atoms with Crippen LogP contribution in [0.25, 0.3) is 0 Å².